The predicted molar refractivity (Wildman–Crippen MR) is 70.0 cm³/mol. The van der Waals surface area contributed by atoms with Crippen LogP contribution in [0.15, 0.2) is 24.3 Å². The van der Waals surface area contributed by atoms with E-state index < -0.39 is 17.8 Å². The smallest absolute Gasteiger partial charge is 0.433 e. The number of ether oxygens (including phenoxy) is 2. The fourth-order valence-electron chi connectivity index (χ4n) is 1.71. The maximum Gasteiger partial charge on any atom is 0.433 e. The lowest BCUT2D eigenvalue weighted by Gasteiger charge is -2.11. The summed E-state index contributed by atoms with van der Waals surface area (Å²) < 4.78 is 48.4. The summed E-state index contributed by atoms with van der Waals surface area (Å²) in [6.07, 6.45) is -4.60. The maximum absolute atomic E-state index is 12.8. The first-order valence-electron chi connectivity index (χ1n) is 5.78. The second-order valence-electron chi connectivity index (χ2n) is 4.10. The number of nitrogens with two attached hydrogens (primary N) is 1. The average Bonchev–Trinajstić information content (AvgIpc) is 2.45. The number of methoxy groups -OCH3 is 2. The molecule has 0 spiro atoms. The van der Waals surface area contributed by atoms with E-state index in [1.807, 2.05) is 0 Å². The number of halogens is 3. The predicted octanol–water partition coefficient (Wildman–Crippen LogP) is 2.76. The van der Waals surface area contributed by atoms with Gasteiger partial charge in [0.2, 0.25) is 5.95 Å². The van der Waals surface area contributed by atoms with Crippen LogP contribution in [0.2, 0.25) is 0 Å². The Bertz CT molecular complexity index is 637. The Hall–Kier alpha value is -2.51. The van der Waals surface area contributed by atoms with Gasteiger partial charge in [0, 0.05) is 11.6 Å². The number of hydrogen-bond donors (Lipinski definition) is 1. The minimum Gasteiger partial charge on any atom is -0.497 e. The van der Waals surface area contributed by atoms with E-state index in [9.17, 15) is 13.2 Å². The van der Waals surface area contributed by atoms with Gasteiger partial charge in [-0.15, -0.1) is 0 Å². The Morgan fingerprint density at radius 1 is 0.952 bits per heavy atom. The molecule has 0 atom stereocenters. The lowest BCUT2D eigenvalue weighted by molar-refractivity contribution is -0.141. The van der Waals surface area contributed by atoms with Gasteiger partial charge in [0.1, 0.15) is 11.5 Å². The zero-order valence-corrected chi connectivity index (χ0v) is 11.2. The van der Waals surface area contributed by atoms with E-state index in [4.69, 9.17) is 15.2 Å². The Labute approximate surface area is 118 Å². The molecule has 1 aromatic carbocycles. The highest BCUT2D eigenvalue weighted by Gasteiger charge is 2.33. The van der Waals surface area contributed by atoms with Gasteiger partial charge in [-0.3, -0.25) is 0 Å². The molecule has 21 heavy (non-hydrogen) atoms. The van der Waals surface area contributed by atoms with Gasteiger partial charge >= 0.3 is 6.18 Å². The van der Waals surface area contributed by atoms with E-state index in [2.05, 4.69) is 9.97 Å². The van der Waals surface area contributed by atoms with Crippen LogP contribution < -0.4 is 15.2 Å². The zero-order chi connectivity index (χ0) is 15.6. The molecule has 1 heterocycles. The van der Waals surface area contributed by atoms with E-state index >= 15 is 0 Å². The van der Waals surface area contributed by atoms with Gasteiger partial charge in [-0.25, -0.2) is 9.97 Å². The highest BCUT2D eigenvalue weighted by Crippen LogP contribution is 2.33. The van der Waals surface area contributed by atoms with Gasteiger partial charge in [0.05, 0.1) is 19.9 Å². The van der Waals surface area contributed by atoms with Gasteiger partial charge in [0.25, 0.3) is 0 Å². The largest absolute Gasteiger partial charge is 0.497 e. The van der Waals surface area contributed by atoms with Crippen molar-refractivity contribution in [1.82, 2.24) is 9.97 Å². The molecule has 0 aliphatic carbocycles. The number of benzene rings is 1. The molecule has 2 rings (SSSR count). The van der Waals surface area contributed by atoms with Gasteiger partial charge in [0.15, 0.2) is 5.69 Å². The van der Waals surface area contributed by atoms with Crippen LogP contribution >= 0.6 is 0 Å². The molecule has 2 N–H and O–H groups in total. The molecule has 1 aromatic heterocycles. The molecule has 0 bridgehead atoms. The van der Waals surface area contributed by atoms with Gasteiger partial charge < -0.3 is 15.2 Å². The van der Waals surface area contributed by atoms with Crippen LogP contribution in [0.25, 0.3) is 11.3 Å². The first kappa shape index (κ1) is 14.9. The summed E-state index contributed by atoms with van der Waals surface area (Å²) in [7, 11) is 2.88. The molecule has 8 heteroatoms. The molecule has 112 valence electrons. The molecule has 2 aromatic rings. The molecule has 0 amide bonds. The highest BCUT2D eigenvalue weighted by molar-refractivity contribution is 5.65. The molecule has 0 unspecified atom stereocenters. The van der Waals surface area contributed by atoms with Crippen molar-refractivity contribution in [2.75, 3.05) is 20.0 Å². The summed E-state index contributed by atoms with van der Waals surface area (Å²) in [6.45, 7) is 0. The molecule has 0 aliphatic rings. The maximum atomic E-state index is 12.8. The van der Waals surface area contributed by atoms with Crippen molar-refractivity contribution < 1.29 is 22.6 Å². The van der Waals surface area contributed by atoms with Crippen LogP contribution in [0.4, 0.5) is 19.1 Å². The number of aromatic nitrogens is 2. The van der Waals surface area contributed by atoms with Crippen molar-refractivity contribution in [3.05, 3.63) is 30.0 Å². The second kappa shape index (κ2) is 5.47. The number of nitrogen functional groups attached to an aromatic ring is 1. The molecular formula is C13H12F3N3O2. The molecule has 0 radical (unpaired) electrons. The topological polar surface area (TPSA) is 70.3 Å². The van der Waals surface area contributed by atoms with Crippen LogP contribution in [0.3, 0.4) is 0 Å². The van der Waals surface area contributed by atoms with E-state index in [0.717, 1.165) is 6.07 Å². The summed E-state index contributed by atoms with van der Waals surface area (Å²) in [5.74, 6) is 0.395. The second-order valence-corrected chi connectivity index (χ2v) is 4.10. The number of hydrogen-bond acceptors (Lipinski definition) is 5. The first-order chi connectivity index (χ1) is 9.83. The fraction of sp³-hybridized carbons (Fsp3) is 0.231. The minimum atomic E-state index is -4.60. The Morgan fingerprint density at radius 2 is 1.52 bits per heavy atom. The summed E-state index contributed by atoms with van der Waals surface area (Å²) in [4.78, 5) is 7.02. The standard InChI is InChI=1S/C13H12F3N3O2/c1-20-8-3-7(4-9(5-8)21-2)10-6-11(13(14,15)16)19-12(17)18-10/h3-6H,1-2H3,(H2,17,18,19). The number of anilines is 1. The monoisotopic (exact) mass is 299 g/mol. The summed E-state index contributed by atoms with van der Waals surface area (Å²) in [6, 6.07) is 5.48. The Balaban J connectivity index is 2.58. The van der Waals surface area contributed by atoms with E-state index in [1.165, 1.54) is 26.4 Å². The van der Waals surface area contributed by atoms with E-state index in [0.29, 0.717) is 17.1 Å². The fourth-order valence-corrected chi connectivity index (χ4v) is 1.71. The van der Waals surface area contributed by atoms with Gasteiger partial charge in [-0.05, 0) is 18.2 Å². The van der Waals surface area contributed by atoms with Crippen LogP contribution in [0, 0.1) is 0 Å². The molecule has 5 nitrogen and oxygen atoms in total. The number of rotatable bonds is 3. The number of alkyl halides is 3. The minimum absolute atomic E-state index is 0.0343. The average molecular weight is 299 g/mol. The van der Waals surface area contributed by atoms with Gasteiger partial charge in [-0.1, -0.05) is 0 Å². The van der Waals surface area contributed by atoms with Crippen LogP contribution in [0.1, 0.15) is 5.69 Å². The third-order valence-corrected chi connectivity index (χ3v) is 2.68. The van der Waals surface area contributed by atoms with Crippen molar-refractivity contribution in [2.24, 2.45) is 0 Å². The van der Waals surface area contributed by atoms with Crippen LogP contribution in [0.5, 0.6) is 11.5 Å². The third-order valence-electron chi connectivity index (χ3n) is 2.68. The highest BCUT2D eigenvalue weighted by atomic mass is 19.4. The van der Waals surface area contributed by atoms with E-state index in [1.54, 1.807) is 6.07 Å². The van der Waals surface area contributed by atoms with Crippen LogP contribution in [-0.4, -0.2) is 24.2 Å². The molecular weight excluding hydrogens is 287 g/mol. The summed E-state index contributed by atoms with van der Waals surface area (Å²) in [5, 5.41) is 0. The molecule has 0 fully saturated rings. The SMILES string of the molecule is COc1cc(OC)cc(-c2cc(C(F)(F)F)nc(N)n2)c1. The Kier molecular flexibility index (Phi) is 3.88. The normalized spacial score (nSPS) is 11.3. The number of nitrogens with zero attached hydrogens (tertiary/aromatic N) is 2. The Morgan fingerprint density at radius 3 is 2.00 bits per heavy atom. The first-order valence-corrected chi connectivity index (χ1v) is 5.78. The van der Waals surface area contributed by atoms with Crippen LogP contribution in [-0.2, 0) is 6.18 Å². The molecule has 0 aliphatic heterocycles. The third kappa shape index (κ3) is 3.33. The zero-order valence-electron chi connectivity index (χ0n) is 11.2. The van der Waals surface area contributed by atoms with Crippen molar-refractivity contribution in [2.45, 2.75) is 6.18 Å². The summed E-state index contributed by atoms with van der Waals surface area (Å²) >= 11 is 0. The van der Waals surface area contributed by atoms with Gasteiger partial charge in [-0.2, -0.15) is 13.2 Å². The van der Waals surface area contributed by atoms with E-state index in [-0.39, 0.29) is 5.69 Å². The lowest BCUT2D eigenvalue weighted by Crippen LogP contribution is -2.11. The molecule has 0 saturated heterocycles. The quantitative estimate of drug-likeness (QED) is 0.943. The molecule has 0 saturated carbocycles. The lowest BCUT2D eigenvalue weighted by atomic mass is 10.1. The summed E-state index contributed by atoms with van der Waals surface area (Å²) in [5.41, 5.74) is 4.66. The van der Waals surface area contributed by atoms with Crippen molar-refractivity contribution >= 4 is 5.95 Å². The van der Waals surface area contributed by atoms with Crippen molar-refractivity contribution in [3.8, 4) is 22.8 Å². The van der Waals surface area contributed by atoms with Crippen molar-refractivity contribution in [3.63, 3.8) is 0 Å². The van der Waals surface area contributed by atoms with Crippen molar-refractivity contribution in [1.29, 1.82) is 0 Å².